The van der Waals surface area contributed by atoms with Crippen LogP contribution in [-0.4, -0.2) is 17.6 Å². The van der Waals surface area contributed by atoms with E-state index in [1.807, 2.05) is 68.4 Å². The van der Waals surface area contributed by atoms with Crippen LogP contribution in [0.1, 0.15) is 17.0 Å². The third-order valence-corrected chi connectivity index (χ3v) is 3.94. The van der Waals surface area contributed by atoms with Crippen molar-refractivity contribution in [3.63, 3.8) is 0 Å². The molecule has 0 radical (unpaired) electrons. The molecular weight excluding hydrogens is 314 g/mol. The fourth-order valence-electron chi connectivity index (χ4n) is 2.47. The Kier molecular flexibility index (Phi) is 5.14. The number of aryl methyl sites for hydroxylation is 2. The maximum absolute atomic E-state index is 12.0. The third-order valence-electron chi connectivity index (χ3n) is 3.94. The monoisotopic (exact) mass is 335 g/mol. The molecule has 0 spiro atoms. The van der Waals surface area contributed by atoms with Gasteiger partial charge in [-0.05, 0) is 44.0 Å². The summed E-state index contributed by atoms with van der Waals surface area (Å²) in [5.41, 5.74) is 3.59. The molecule has 0 bridgehead atoms. The normalized spacial score (nSPS) is 10.5. The molecule has 0 aliphatic rings. The number of amides is 2. The number of aromatic nitrogens is 1. The number of hydrogen-bond donors (Lipinski definition) is 2. The van der Waals surface area contributed by atoms with Crippen LogP contribution in [0.2, 0.25) is 0 Å². The molecule has 5 nitrogen and oxygen atoms in total. The topological polar surface area (TPSA) is 67.2 Å². The summed E-state index contributed by atoms with van der Waals surface area (Å²) in [5, 5.41) is 5.70. The average Bonchev–Trinajstić information content (AvgIpc) is 2.95. The maximum Gasteiger partial charge on any atom is 0.319 e. The highest BCUT2D eigenvalue weighted by molar-refractivity contribution is 5.89. The summed E-state index contributed by atoms with van der Waals surface area (Å²) in [6, 6.07) is 17.3. The lowest BCUT2D eigenvalue weighted by molar-refractivity contribution is 0.252. The zero-order chi connectivity index (χ0) is 17.6. The standard InChI is InChI=1S/C20H21N3O2/c1-14-15(2)25-19(22-14)17-9-6-10-18(13-17)23-20(24)21-12-11-16-7-4-3-5-8-16/h3-10,13H,11-12H2,1-2H3,(H2,21,23,24). The lowest BCUT2D eigenvalue weighted by atomic mass is 10.1. The van der Waals surface area contributed by atoms with Crippen LogP contribution in [0.25, 0.3) is 11.5 Å². The van der Waals surface area contributed by atoms with E-state index < -0.39 is 0 Å². The van der Waals surface area contributed by atoms with E-state index in [1.54, 1.807) is 0 Å². The summed E-state index contributed by atoms with van der Waals surface area (Å²) >= 11 is 0. The first kappa shape index (κ1) is 16.8. The van der Waals surface area contributed by atoms with Gasteiger partial charge in [-0.2, -0.15) is 0 Å². The van der Waals surface area contributed by atoms with Gasteiger partial charge in [-0.1, -0.05) is 36.4 Å². The summed E-state index contributed by atoms with van der Waals surface area (Å²) in [5.74, 6) is 1.36. The van der Waals surface area contributed by atoms with Gasteiger partial charge in [0.15, 0.2) is 0 Å². The molecule has 0 fully saturated rings. The van der Waals surface area contributed by atoms with Gasteiger partial charge in [0.1, 0.15) is 5.76 Å². The quantitative estimate of drug-likeness (QED) is 0.729. The molecule has 0 atom stereocenters. The van der Waals surface area contributed by atoms with Crippen molar-refractivity contribution in [2.75, 3.05) is 11.9 Å². The van der Waals surface area contributed by atoms with E-state index in [-0.39, 0.29) is 6.03 Å². The van der Waals surface area contributed by atoms with Crippen LogP contribution in [-0.2, 0) is 6.42 Å². The van der Waals surface area contributed by atoms with E-state index in [4.69, 9.17) is 4.42 Å². The molecule has 5 heteroatoms. The Balaban J connectivity index is 1.57. The fourth-order valence-corrected chi connectivity index (χ4v) is 2.47. The fraction of sp³-hybridized carbons (Fsp3) is 0.200. The van der Waals surface area contributed by atoms with Gasteiger partial charge in [0.25, 0.3) is 0 Å². The number of carbonyl (C=O) groups is 1. The molecule has 2 amide bonds. The highest BCUT2D eigenvalue weighted by atomic mass is 16.4. The molecule has 3 rings (SSSR count). The molecule has 0 aliphatic heterocycles. The van der Waals surface area contributed by atoms with Crippen LogP contribution >= 0.6 is 0 Å². The van der Waals surface area contributed by atoms with Crippen LogP contribution in [0.5, 0.6) is 0 Å². The number of nitrogens with zero attached hydrogens (tertiary/aromatic N) is 1. The van der Waals surface area contributed by atoms with E-state index in [1.165, 1.54) is 5.56 Å². The summed E-state index contributed by atoms with van der Waals surface area (Å²) in [6.45, 7) is 4.37. The molecule has 1 heterocycles. The number of nitrogens with one attached hydrogen (secondary N) is 2. The van der Waals surface area contributed by atoms with Gasteiger partial charge in [0.05, 0.1) is 5.69 Å². The van der Waals surface area contributed by atoms with Gasteiger partial charge in [-0.25, -0.2) is 9.78 Å². The Morgan fingerprint density at radius 2 is 1.88 bits per heavy atom. The van der Waals surface area contributed by atoms with Crippen molar-refractivity contribution in [1.29, 1.82) is 0 Å². The number of benzene rings is 2. The van der Waals surface area contributed by atoms with E-state index in [0.717, 1.165) is 23.4 Å². The maximum atomic E-state index is 12.0. The van der Waals surface area contributed by atoms with Crippen molar-refractivity contribution in [2.24, 2.45) is 0 Å². The molecule has 0 saturated heterocycles. The van der Waals surface area contributed by atoms with Gasteiger partial charge in [-0.3, -0.25) is 0 Å². The number of urea groups is 1. The number of carbonyl (C=O) groups excluding carboxylic acids is 1. The summed E-state index contributed by atoms with van der Waals surface area (Å²) < 4.78 is 5.63. The lowest BCUT2D eigenvalue weighted by Gasteiger charge is -2.08. The highest BCUT2D eigenvalue weighted by Crippen LogP contribution is 2.23. The molecule has 0 aliphatic carbocycles. The van der Waals surface area contributed by atoms with E-state index in [9.17, 15) is 4.79 Å². The van der Waals surface area contributed by atoms with Crippen molar-refractivity contribution in [3.05, 3.63) is 71.6 Å². The van der Waals surface area contributed by atoms with Crippen LogP contribution in [0.15, 0.2) is 59.0 Å². The third kappa shape index (κ3) is 4.47. The highest BCUT2D eigenvalue weighted by Gasteiger charge is 2.09. The van der Waals surface area contributed by atoms with Gasteiger partial charge in [0.2, 0.25) is 5.89 Å². The SMILES string of the molecule is Cc1nc(-c2cccc(NC(=O)NCCc3ccccc3)c2)oc1C. The van der Waals surface area contributed by atoms with Gasteiger partial charge in [0, 0.05) is 17.8 Å². The minimum absolute atomic E-state index is 0.229. The number of oxazole rings is 1. The largest absolute Gasteiger partial charge is 0.441 e. The number of rotatable bonds is 5. The molecule has 128 valence electrons. The Bertz CT molecular complexity index is 837. The van der Waals surface area contributed by atoms with E-state index in [2.05, 4.69) is 15.6 Å². The van der Waals surface area contributed by atoms with Crippen LogP contribution in [0.4, 0.5) is 10.5 Å². The molecule has 0 saturated carbocycles. The summed E-state index contributed by atoms with van der Waals surface area (Å²) in [6.07, 6.45) is 0.795. The van der Waals surface area contributed by atoms with Crippen molar-refractivity contribution in [3.8, 4) is 11.5 Å². The molecule has 2 aromatic carbocycles. The zero-order valence-corrected chi connectivity index (χ0v) is 14.4. The minimum atomic E-state index is -0.229. The Morgan fingerprint density at radius 1 is 1.08 bits per heavy atom. The lowest BCUT2D eigenvalue weighted by Crippen LogP contribution is -2.30. The van der Waals surface area contributed by atoms with Crippen LogP contribution < -0.4 is 10.6 Å². The molecular formula is C20H21N3O2. The van der Waals surface area contributed by atoms with Crippen LogP contribution in [0.3, 0.4) is 0 Å². The Labute approximate surface area is 147 Å². The average molecular weight is 335 g/mol. The first-order chi connectivity index (χ1) is 12.1. The number of hydrogen-bond acceptors (Lipinski definition) is 3. The molecule has 2 N–H and O–H groups in total. The van der Waals surface area contributed by atoms with E-state index >= 15 is 0 Å². The molecule has 3 aromatic rings. The predicted molar refractivity (Wildman–Crippen MR) is 98.6 cm³/mol. The van der Waals surface area contributed by atoms with Crippen molar-refractivity contribution in [2.45, 2.75) is 20.3 Å². The Hall–Kier alpha value is -3.08. The van der Waals surface area contributed by atoms with E-state index in [0.29, 0.717) is 18.1 Å². The van der Waals surface area contributed by atoms with Crippen molar-refractivity contribution >= 4 is 11.7 Å². The number of anilines is 1. The van der Waals surface area contributed by atoms with Gasteiger partial charge >= 0.3 is 6.03 Å². The summed E-state index contributed by atoms with van der Waals surface area (Å²) in [4.78, 5) is 16.4. The molecule has 1 aromatic heterocycles. The van der Waals surface area contributed by atoms with Crippen molar-refractivity contribution in [1.82, 2.24) is 10.3 Å². The molecule has 0 unspecified atom stereocenters. The predicted octanol–water partition coefficient (Wildman–Crippen LogP) is 4.32. The van der Waals surface area contributed by atoms with Crippen LogP contribution in [0, 0.1) is 13.8 Å². The van der Waals surface area contributed by atoms with Crippen molar-refractivity contribution < 1.29 is 9.21 Å². The van der Waals surface area contributed by atoms with Gasteiger partial charge in [-0.15, -0.1) is 0 Å². The first-order valence-electron chi connectivity index (χ1n) is 8.25. The minimum Gasteiger partial charge on any atom is -0.441 e. The smallest absolute Gasteiger partial charge is 0.319 e. The second-order valence-electron chi connectivity index (χ2n) is 5.86. The Morgan fingerprint density at radius 3 is 2.60 bits per heavy atom. The second kappa shape index (κ2) is 7.66. The first-order valence-corrected chi connectivity index (χ1v) is 8.25. The molecule has 25 heavy (non-hydrogen) atoms. The zero-order valence-electron chi connectivity index (χ0n) is 14.4. The van der Waals surface area contributed by atoms with Gasteiger partial charge < -0.3 is 15.1 Å². The second-order valence-corrected chi connectivity index (χ2v) is 5.86. The summed E-state index contributed by atoms with van der Waals surface area (Å²) in [7, 11) is 0.